The van der Waals surface area contributed by atoms with Crippen LogP contribution < -0.4 is 20.1 Å². The number of nitrogens with zero attached hydrogens (tertiary/aromatic N) is 3. The fourth-order valence-electron chi connectivity index (χ4n) is 11.1. The summed E-state index contributed by atoms with van der Waals surface area (Å²) in [6.45, 7) is 0.749. The lowest BCUT2D eigenvalue weighted by Crippen LogP contribution is -2.74. The maximum absolute atomic E-state index is 15.5. The van der Waals surface area contributed by atoms with Gasteiger partial charge in [-0.3, -0.25) is 14.4 Å². The maximum Gasteiger partial charge on any atom is 0.355 e. The maximum atomic E-state index is 15.5. The molecule has 2 aliphatic rings. The molecule has 0 spiro atoms. The molecule has 488 valence electrons. The number of thiazole rings is 1. The van der Waals surface area contributed by atoms with Gasteiger partial charge in [0.25, 0.3) is 5.91 Å². The highest BCUT2D eigenvalue weighted by Gasteiger charge is 2.58. The van der Waals surface area contributed by atoms with Gasteiger partial charge in [-0.15, -0.1) is 23.1 Å². The van der Waals surface area contributed by atoms with Gasteiger partial charge in [-0.25, -0.2) is 9.78 Å². The normalized spacial score (nSPS) is 16.5. The first-order chi connectivity index (χ1) is 46.6. The van der Waals surface area contributed by atoms with E-state index in [2.05, 4.69) is 38.4 Å². The molecule has 8 aromatic carbocycles. The number of esters is 2. The number of alkyl halides is 1. The highest BCUT2D eigenvalue weighted by Crippen LogP contribution is 2.46. The summed E-state index contributed by atoms with van der Waals surface area (Å²) in [6, 6.07) is 71.1. The molecule has 2 fully saturated rings. The van der Waals surface area contributed by atoms with E-state index in [-0.39, 0.29) is 67.6 Å². The van der Waals surface area contributed by atoms with Crippen molar-refractivity contribution in [2.24, 2.45) is 10.6 Å². The minimum Gasteiger partial charge on any atom is -0.464 e. The van der Waals surface area contributed by atoms with E-state index >= 15 is 9.59 Å². The lowest BCUT2D eigenvalue weighted by Gasteiger charge is -2.53. The summed E-state index contributed by atoms with van der Waals surface area (Å²) >= 11 is 4.78. The third kappa shape index (κ3) is 16.1. The molecule has 2 aliphatic heterocycles. The molecule has 21 heteroatoms. The first kappa shape index (κ1) is 67.5. The minimum absolute atomic E-state index is 0.0455. The molecule has 0 aliphatic carbocycles. The quantitative estimate of drug-likeness (QED) is 0.00463. The van der Waals surface area contributed by atoms with Crippen LogP contribution >= 0.6 is 45.7 Å². The van der Waals surface area contributed by atoms with Crippen LogP contribution in [0.1, 0.15) is 68.5 Å². The molecule has 3 heterocycles. The van der Waals surface area contributed by atoms with Crippen molar-refractivity contribution in [3.05, 3.63) is 286 Å². The molecule has 1 aromatic heterocycles. The number of fused-ring (bicyclic) bond motifs is 1. The first-order valence-electron chi connectivity index (χ1n) is 30.7. The molecule has 3 unspecified atom stereocenters. The molecule has 4 atom stereocenters. The fraction of sp³-hybridized carbons (Fsp3) is 0.243. The number of carbonyl (C=O) groups excluding carboxylic acids is 4. The number of ether oxygens (including phenoxy) is 8. The Kier molecular flexibility index (Phi) is 23.4. The molecule has 0 bridgehead atoms. The van der Waals surface area contributed by atoms with Crippen molar-refractivity contribution in [3.63, 3.8) is 0 Å². The summed E-state index contributed by atoms with van der Waals surface area (Å²) in [4.78, 5) is 73.4. The minimum atomic E-state index is -1.71. The second kappa shape index (κ2) is 32.9. The van der Waals surface area contributed by atoms with Crippen LogP contribution in [0.2, 0.25) is 0 Å². The summed E-state index contributed by atoms with van der Waals surface area (Å²) in [5, 5.41) is 12.8. The Morgan fingerprint density at radius 2 is 1.09 bits per heavy atom. The van der Waals surface area contributed by atoms with Gasteiger partial charge in [0.1, 0.15) is 28.1 Å². The van der Waals surface area contributed by atoms with Gasteiger partial charge in [0, 0.05) is 41.9 Å². The highest BCUT2D eigenvalue weighted by molar-refractivity contribution is 14.1. The number of benzene rings is 8. The summed E-state index contributed by atoms with van der Waals surface area (Å²) in [5.41, 5.74) is 3.39. The van der Waals surface area contributed by atoms with Crippen molar-refractivity contribution in [2.75, 3.05) is 76.3 Å². The molecule has 2 N–H and O–H groups in total. The summed E-state index contributed by atoms with van der Waals surface area (Å²) in [7, 11) is 3.12. The number of rotatable bonds is 32. The number of halogens is 1. The zero-order valence-electron chi connectivity index (χ0n) is 52.1. The summed E-state index contributed by atoms with van der Waals surface area (Å²) < 4.78 is 47.2. The van der Waals surface area contributed by atoms with Gasteiger partial charge in [-0.05, 0) is 51.1 Å². The van der Waals surface area contributed by atoms with E-state index in [1.165, 1.54) is 29.2 Å². The predicted octanol–water partition coefficient (Wildman–Crippen LogP) is 12.5. The van der Waals surface area contributed by atoms with Gasteiger partial charge in [0.15, 0.2) is 48.1 Å². The Balaban J connectivity index is 0.960. The summed E-state index contributed by atoms with van der Waals surface area (Å²) in [5.74, 6) is -1.94. The highest BCUT2D eigenvalue weighted by atomic mass is 127. The number of carbonyl (C=O) groups is 4. The number of methoxy groups -OCH3 is 2. The van der Waals surface area contributed by atoms with Crippen LogP contribution in [0.4, 0.5) is 5.13 Å². The largest absolute Gasteiger partial charge is 0.464 e. The molecular formula is C74H70IN5O13S2. The van der Waals surface area contributed by atoms with E-state index in [0.29, 0.717) is 33.9 Å². The van der Waals surface area contributed by atoms with Crippen molar-refractivity contribution < 1.29 is 61.9 Å². The second-order valence-corrected chi connectivity index (χ2v) is 25.0. The summed E-state index contributed by atoms with van der Waals surface area (Å²) in [6.07, 6.45) is -3.34. The van der Waals surface area contributed by atoms with Crippen LogP contribution in [0.3, 0.4) is 0 Å². The van der Waals surface area contributed by atoms with Crippen LogP contribution in [0.15, 0.2) is 241 Å². The number of oxime groups is 1. The van der Waals surface area contributed by atoms with Crippen LogP contribution in [0.25, 0.3) is 0 Å². The Morgan fingerprint density at radius 3 is 1.58 bits per heavy atom. The number of anilines is 1. The van der Waals surface area contributed by atoms with Gasteiger partial charge < -0.3 is 58.3 Å². The van der Waals surface area contributed by atoms with Gasteiger partial charge in [0.2, 0.25) is 12.0 Å². The number of hydrogen-bond acceptors (Lipinski definition) is 18. The molecule has 11 rings (SSSR count). The van der Waals surface area contributed by atoms with Crippen LogP contribution in [0.5, 0.6) is 11.5 Å². The van der Waals surface area contributed by atoms with Crippen LogP contribution in [-0.2, 0) is 58.0 Å². The SMILES string of the molecule is COCCOCOc1ccc(C(ON=C(C(=O)NC2C(=O)N3CC(CI)(C(=O)OC(c4ccccc4)c4ccccc4)CS[C@H]23)c2csc(NC(c3ccccc3)(c3ccccc3)c3ccccc3)n2)C(=O)OC(c2ccccc2)c2ccccc2)cc1OCOCCOC. The number of β-lactam (4-membered cyclic amide) rings is 1. The van der Waals surface area contributed by atoms with Gasteiger partial charge in [-0.2, -0.15) is 0 Å². The average molecular weight is 1430 g/mol. The van der Waals surface area contributed by atoms with Gasteiger partial charge in [-0.1, -0.05) is 246 Å². The second-order valence-electron chi connectivity index (χ2n) is 22.2. The van der Waals surface area contributed by atoms with E-state index in [1.807, 2.05) is 212 Å². The molecule has 9 aromatic rings. The number of hydrogen-bond donors (Lipinski definition) is 2. The smallest absolute Gasteiger partial charge is 0.355 e. The number of thioether (sulfide) groups is 1. The van der Waals surface area contributed by atoms with Crippen molar-refractivity contribution in [3.8, 4) is 11.5 Å². The van der Waals surface area contributed by atoms with Crippen molar-refractivity contribution in [1.29, 1.82) is 0 Å². The van der Waals surface area contributed by atoms with Crippen molar-refractivity contribution >= 4 is 80.3 Å². The van der Waals surface area contributed by atoms with Crippen molar-refractivity contribution in [1.82, 2.24) is 15.2 Å². The third-order valence-corrected chi connectivity index (χ3v) is 19.9. The topological polar surface area (TPSA) is 204 Å². The molecular weight excluding hydrogens is 1360 g/mol. The number of aromatic nitrogens is 1. The Morgan fingerprint density at radius 1 is 0.621 bits per heavy atom. The zero-order valence-corrected chi connectivity index (χ0v) is 55.9. The standard InChI is InChI=1S/C74H70IN5O13S2/c1-85-40-42-87-49-89-60-39-38-55(44-61(60)90-50-88-43-41-86-2)66(70(83)91-64(51-24-10-3-11-25-51)52-26-12-4-13-27-52)93-79-62(59-45-94-72(76-59)78-74(56-32-18-7-19-33-56,57-34-20-8-21-35-57)58-36-22-9-23-37-58)67(81)77-63-68(82)80-47-73(46-75,48-95-69(63)80)71(84)92-65(53-28-14-5-15-29-53)54-30-16-6-17-31-54/h3-39,44-45,63-66,69H,40-43,46-50H2,1-2H3,(H,76,78)(H,77,81)/t63?,66?,69-,73?/m1/s1. The molecule has 95 heavy (non-hydrogen) atoms. The lowest BCUT2D eigenvalue weighted by atomic mass is 9.77. The molecule has 0 saturated carbocycles. The average Bonchev–Trinajstić information content (AvgIpc) is 0.863. The molecule has 2 amide bonds. The van der Waals surface area contributed by atoms with Gasteiger partial charge in [0.05, 0.1) is 26.4 Å². The monoisotopic (exact) mass is 1430 g/mol. The molecule has 18 nitrogen and oxygen atoms in total. The van der Waals surface area contributed by atoms with E-state index in [1.54, 1.807) is 36.6 Å². The fourth-order valence-corrected chi connectivity index (χ4v) is 14.6. The van der Waals surface area contributed by atoms with E-state index in [4.69, 9.17) is 47.7 Å². The Labute approximate surface area is 573 Å². The Bertz CT molecular complexity index is 3810. The van der Waals surface area contributed by atoms with Crippen LogP contribution in [-0.4, -0.2) is 122 Å². The zero-order chi connectivity index (χ0) is 65.8. The molecule has 0 radical (unpaired) electrons. The number of nitrogens with one attached hydrogen (secondary N) is 2. The predicted molar refractivity (Wildman–Crippen MR) is 371 cm³/mol. The third-order valence-electron chi connectivity index (χ3n) is 16.1. The van der Waals surface area contributed by atoms with Gasteiger partial charge >= 0.3 is 11.9 Å². The van der Waals surface area contributed by atoms with E-state index in [0.717, 1.165) is 27.8 Å². The Hall–Kier alpha value is -8.94. The van der Waals surface area contributed by atoms with Crippen molar-refractivity contribution in [2.45, 2.75) is 35.3 Å². The van der Waals surface area contributed by atoms with Crippen LogP contribution in [0, 0.1) is 5.41 Å². The first-order valence-corrected chi connectivity index (χ1v) is 34.2. The van der Waals surface area contributed by atoms with E-state index in [9.17, 15) is 9.59 Å². The molecule has 2 saturated heterocycles. The van der Waals surface area contributed by atoms with E-state index < -0.39 is 64.4 Å². The number of amides is 2. The lowest BCUT2D eigenvalue weighted by molar-refractivity contribution is -0.164.